The van der Waals surface area contributed by atoms with Gasteiger partial charge in [-0.1, -0.05) is 18.6 Å². The van der Waals surface area contributed by atoms with Gasteiger partial charge in [-0.3, -0.25) is 4.79 Å². The quantitative estimate of drug-likeness (QED) is 0.756. The molecule has 2 unspecified atom stereocenters. The Morgan fingerprint density at radius 1 is 1.17 bits per heavy atom. The van der Waals surface area contributed by atoms with Crippen molar-refractivity contribution in [3.63, 3.8) is 0 Å². The van der Waals surface area contributed by atoms with Gasteiger partial charge in [0.05, 0.1) is 43.0 Å². The van der Waals surface area contributed by atoms with Crippen LogP contribution in [0.5, 0.6) is 11.8 Å². The highest BCUT2D eigenvalue weighted by Crippen LogP contribution is 2.32. The number of ether oxygens (including phenoxy) is 2. The summed E-state index contributed by atoms with van der Waals surface area (Å²) in [6, 6.07) is 9.83. The molecule has 0 bridgehead atoms. The number of fused-ring (bicyclic) bond motifs is 2. The maximum atomic E-state index is 12.6. The van der Waals surface area contributed by atoms with Gasteiger partial charge >= 0.3 is 0 Å². The van der Waals surface area contributed by atoms with E-state index in [0.717, 1.165) is 36.5 Å². The van der Waals surface area contributed by atoms with E-state index >= 15 is 0 Å². The number of carbonyl (C=O) groups excluding carboxylic acids is 1. The highest BCUT2D eigenvalue weighted by molar-refractivity contribution is 5.90. The molecule has 1 aliphatic heterocycles. The molecule has 1 aliphatic carbocycles. The molecule has 7 heteroatoms. The van der Waals surface area contributed by atoms with Crippen molar-refractivity contribution in [2.75, 3.05) is 14.2 Å². The molecule has 154 valence electrons. The number of methoxy groups -OCH3 is 2. The van der Waals surface area contributed by atoms with Gasteiger partial charge in [-0.2, -0.15) is 15.2 Å². The SMILES string of the molecule is COc1cc(OC)nc(CC(C)(C#N)c2ccc3c(c2)=NC(=O)C2CCCCC=32)n1. The van der Waals surface area contributed by atoms with Gasteiger partial charge in [-0.25, -0.2) is 4.99 Å². The normalized spacial score (nSPS) is 19.6. The number of amides is 1. The van der Waals surface area contributed by atoms with Gasteiger partial charge in [0.2, 0.25) is 11.8 Å². The van der Waals surface area contributed by atoms with Gasteiger partial charge in [0.15, 0.2) is 0 Å². The van der Waals surface area contributed by atoms with E-state index in [-0.39, 0.29) is 18.2 Å². The standard InChI is InChI=1S/C23H24N4O3/c1-23(13-24,12-19-26-20(29-2)11-21(27-19)30-3)14-8-9-16-15-6-4-5-7-17(15)22(28)25-18(16)10-14/h8-11,17H,4-7,12H2,1-3H3. The maximum Gasteiger partial charge on any atom is 0.253 e. The van der Waals surface area contributed by atoms with Crippen LogP contribution >= 0.6 is 0 Å². The minimum atomic E-state index is -0.904. The molecule has 2 heterocycles. The van der Waals surface area contributed by atoms with E-state index in [1.165, 1.54) is 19.8 Å². The monoisotopic (exact) mass is 404 g/mol. The van der Waals surface area contributed by atoms with Gasteiger partial charge in [0.1, 0.15) is 5.82 Å². The number of rotatable bonds is 5. The van der Waals surface area contributed by atoms with Crippen molar-refractivity contribution in [3.8, 4) is 17.8 Å². The Bertz CT molecular complexity index is 1150. The smallest absolute Gasteiger partial charge is 0.253 e. The molecule has 4 rings (SSSR count). The third-order valence-electron chi connectivity index (χ3n) is 6.02. The predicted octanol–water partition coefficient (Wildman–Crippen LogP) is 2.02. The molecule has 1 aromatic carbocycles. The van der Waals surface area contributed by atoms with Crippen molar-refractivity contribution in [1.29, 1.82) is 5.26 Å². The Morgan fingerprint density at radius 2 is 1.90 bits per heavy atom. The number of nitriles is 1. The molecule has 0 N–H and O–H groups in total. The average molecular weight is 404 g/mol. The summed E-state index contributed by atoms with van der Waals surface area (Å²) in [6.45, 7) is 1.84. The third kappa shape index (κ3) is 3.54. The van der Waals surface area contributed by atoms with Crippen LogP contribution in [0.1, 0.15) is 44.0 Å². The molecule has 0 saturated heterocycles. The average Bonchev–Trinajstić information content (AvgIpc) is 2.78. The van der Waals surface area contributed by atoms with Crippen LogP contribution in [0.15, 0.2) is 29.3 Å². The van der Waals surface area contributed by atoms with E-state index in [0.29, 0.717) is 22.9 Å². The highest BCUT2D eigenvalue weighted by atomic mass is 16.5. The molecular weight excluding hydrogens is 380 g/mol. The topological polar surface area (TPSA) is 97.5 Å². The van der Waals surface area contributed by atoms with Crippen LogP contribution < -0.4 is 20.0 Å². The number of carbonyl (C=O) groups is 1. The molecule has 1 fully saturated rings. The summed E-state index contributed by atoms with van der Waals surface area (Å²) in [6.07, 6.45) is 4.25. The van der Waals surface area contributed by atoms with E-state index < -0.39 is 5.41 Å². The zero-order chi connectivity index (χ0) is 21.3. The lowest BCUT2D eigenvalue weighted by atomic mass is 9.78. The lowest BCUT2D eigenvalue weighted by Crippen LogP contribution is -2.40. The largest absolute Gasteiger partial charge is 0.481 e. The van der Waals surface area contributed by atoms with Crippen LogP contribution in [-0.4, -0.2) is 30.1 Å². The summed E-state index contributed by atoms with van der Waals surface area (Å²) in [5.74, 6) is 1.07. The Kier molecular flexibility index (Phi) is 5.25. The lowest BCUT2D eigenvalue weighted by Gasteiger charge is -2.26. The molecule has 2 aliphatic rings. The van der Waals surface area contributed by atoms with Crippen molar-refractivity contribution in [2.24, 2.45) is 10.9 Å². The second-order valence-corrected chi connectivity index (χ2v) is 8.00. The van der Waals surface area contributed by atoms with E-state index in [9.17, 15) is 10.1 Å². The minimum absolute atomic E-state index is 0.0612. The zero-order valence-electron chi connectivity index (χ0n) is 17.4. The van der Waals surface area contributed by atoms with Crippen molar-refractivity contribution in [2.45, 2.75) is 44.4 Å². The zero-order valence-corrected chi connectivity index (χ0v) is 17.4. The summed E-state index contributed by atoms with van der Waals surface area (Å²) < 4.78 is 10.4. The van der Waals surface area contributed by atoms with Crippen LogP contribution in [0.25, 0.3) is 5.57 Å². The summed E-state index contributed by atoms with van der Waals surface area (Å²) in [5, 5.41) is 11.7. The number of nitrogens with zero attached hydrogens (tertiary/aromatic N) is 4. The second kappa shape index (κ2) is 7.86. The van der Waals surface area contributed by atoms with Gasteiger partial charge in [0.25, 0.3) is 5.91 Å². The number of benzene rings is 1. The first-order valence-corrected chi connectivity index (χ1v) is 10.1. The van der Waals surface area contributed by atoms with Crippen LogP contribution in [0.2, 0.25) is 0 Å². The first kappa shape index (κ1) is 20.0. The first-order valence-electron chi connectivity index (χ1n) is 10.1. The fourth-order valence-corrected chi connectivity index (χ4v) is 4.30. The summed E-state index contributed by atoms with van der Waals surface area (Å²) in [5.41, 5.74) is 1.07. The molecule has 1 saturated carbocycles. The minimum Gasteiger partial charge on any atom is -0.481 e. The van der Waals surface area contributed by atoms with Crippen LogP contribution in [0.4, 0.5) is 0 Å². The fourth-order valence-electron chi connectivity index (χ4n) is 4.30. The van der Waals surface area contributed by atoms with Crippen LogP contribution in [0.3, 0.4) is 0 Å². The molecule has 0 spiro atoms. The lowest BCUT2D eigenvalue weighted by molar-refractivity contribution is -0.120. The van der Waals surface area contributed by atoms with Crippen molar-refractivity contribution in [3.05, 3.63) is 46.2 Å². The Balaban J connectivity index is 1.76. The van der Waals surface area contributed by atoms with Gasteiger partial charge in [-0.05, 0) is 43.4 Å². The molecule has 0 radical (unpaired) electrons. The van der Waals surface area contributed by atoms with E-state index in [1.807, 2.05) is 25.1 Å². The van der Waals surface area contributed by atoms with Gasteiger partial charge < -0.3 is 9.47 Å². The summed E-state index contributed by atoms with van der Waals surface area (Å²) >= 11 is 0. The van der Waals surface area contributed by atoms with E-state index in [1.54, 1.807) is 6.07 Å². The van der Waals surface area contributed by atoms with Crippen molar-refractivity contribution >= 4 is 11.5 Å². The van der Waals surface area contributed by atoms with Crippen molar-refractivity contribution < 1.29 is 14.3 Å². The van der Waals surface area contributed by atoms with Gasteiger partial charge in [0, 0.05) is 11.6 Å². The first-order chi connectivity index (χ1) is 14.5. The van der Waals surface area contributed by atoms with E-state index in [4.69, 9.17) is 9.47 Å². The number of hydrogen-bond donors (Lipinski definition) is 0. The Labute approximate surface area is 175 Å². The third-order valence-corrected chi connectivity index (χ3v) is 6.02. The molecule has 2 aromatic rings. The maximum absolute atomic E-state index is 12.6. The Hall–Kier alpha value is -3.27. The number of aromatic nitrogens is 2. The van der Waals surface area contributed by atoms with E-state index in [2.05, 4.69) is 21.0 Å². The van der Waals surface area contributed by atoms with Crippen LogP contribution in [0, 0.1) is 17.2 Å². The molecule has 1 amide bonds. The molecule has 30 heavy (non-hydrogen) atoms. The Morgan fingerprint density at radius 3 is 2.57 bits per heavy atom. The summed E-state index contributed by atoms with van der Waals surface area (Å²) in [7, 11) is 3.04. The van der Waals surface area contributed by atoms with Crippen LogP contribution in [-0.2, 0) is 16.6 Å². The van der Waals surface area contributed by atoms with Gasteiger partial charge in [-0.15, -0.1) is 0 Å². The highest BCUT2D eigenvalue weighted by Gasteiger charge is 2.32. The molecule has 2 atom stereocenters. The molecule has 7 nitrogen and oxygen atoms in total. The second-order valence-electron chi connectivity index (χ2n) is 8.00. The summed E-state index contributed by atoms with van der Waals surface area (Å²) in [4.78, 5) is 25.6. The predicted molar refractivity (Wildman–Crippen MR) is 109 cm³/mol. The molecular formula is C23H24N4O3. The van der Waals surface area contributed by atoms with Crippen molar-refractivity contribution in [1.82, 2.24) is 9.97 Å². The number of hydrogen-bond acceptors (Lipinski definition) is 6. The molecule has 1 aromatic heterocycles. The fraction of sp³-hybridized carbons (Fsp3) is 0.435.